The van der Waals surface area contributed by atoms with Crippen LogP contribution in [0.5, 0.6) is 0 Å². The molecule has 1 amide bonds. The lowest BCUT2D eigenvalue weighted by molar-refractivity contribution is -0.139. The lowest BCUT2D eigenvalue weighted by Gasteiger charge is -2.25. The van der Waals surface area contributed by atoms with Gasteiger partial charge in [-0.2, -0.15) is 0 Å². The molecule has 0 bridgehead atoms. The Labute approximate surface area is 179 Å². The van der Waals surface area contributed by atoms with Gasteiger partial charge in [0.05, 0.1) is 0 Å². The van der Waals surface area contributed by atoms with Crippen molar-refractivity contribution in [2.24, 2.45) is 0 Å². The summed E-state index contributed by atoms with van der Waals surface area (Å²) in [6.07, 6.45) is 1.02. The summed E-state index contributed by atoms with van der Waals surface area (Å²) in [6, 6.07) is 25.0. The molecule has 2 atom stereocenters. The van der Waals surface area contributed by atoms with E-state index in [4.69, 9.17) is 4.74 Å². The van der Waals surface area contributed by atoms with Crippen LogP contribution in [0.2, 0.25) is 0 Å². The minimum atomic E-state index is -1.22. The first-order valence-electron chi connectivity index (χ1n) is 9.94. The maximum Gasteiger partial charge on any atom is 0.408 e. The Morgan fingerprint density at radius 1 is 0.903 bits per heavy atom. The van der Waals surface area contributed by atoms with E-state index in [9.17, 15) is 14.7 Å². The molecule has 0 unspecified atom stereocenters. The number of benzene rings is 3. The van der Waals surface area contributed by atoms with E-state index in [1.54, 1.807) is 6.20 Å². The van der Waals surface area contributed by atoms with E-state index in [2.05, 4.69) is 10.3 Å². The predicted molar refractivity (Wildman–Crippen MR) is 118 cm³/mol. The van der Waals surface area contributed by atoms with Crippen LogP contribution in [0.1, 0.15) is 22.6 Å². The van der Waals surface area contributed by atoms with E-state index in [1.165, 1.54) is 0 Å². The number of rotatable bonds is 7. The van der Waals surface area contributed by atoms with Gasteiger partial charge in [-0.15, -0.1) is 0 Å². The van der Waals surface area contributed by atoms with Crippen molar-refractivity contribution in [3.05, 3.63) is 108 Å². The minimum absolute atomic E-state index is 0.0576. The van der Waals surface area contributed by atoms with E-state index >= 15 is 0 Å². The first-order valence-corrected chi connectivity index (χ1v) is 9.94. The van der Waals surface area contributed by atoms with Crippen molar-refractivity contribution in [3.8, 4) is 0 Å². The largest absolute Gasteiger partial charge is 0.480 e. The quantitative estimate of drug-likeness (QED) is 0.409. The van der Waals surface area contributed by atoms with Gasteiger partial charge >= 0.3 is 12.1 Å². The van der Waals surface area contributed by atoms with Crippen LogP contribution in [-0.2, 0) is 16.1 Å². The molecule has 0 aliphatic carbocycles. The number of nitrogens with one attached hydrogen (secondary N) is 2. The molecule has 0 fully saturated rings. The Balaban J connectivity index is 1.64. The fraction of sp³-hybridized carbons (Fsp3) is 0.120. The number of aromatic nitrogens is 1. The van der Waals surface area contributed by atoms with E-state index in [0.29, 0.717) is 0 Å². The molecule has 156 valence electrons. The molecule has 6 heteroatoms. The molecule has 0 saturated heterocycles. The number of carbonyl (C=O) groups excluding carboxylic acids is 1. The first-order chi connectivity index (χ1) is 15.1. The molecule has 31 heavy (non-hydrogen) atoms. The molecule has 0 aliphatic rings. The molecule has 6 nitrogen and oxygen atoms in total. The summed E-state index contributed by atoms with van der Waals surface area (Å²) in [5, 5.41) is 13.5. The fourth-order valence-electron chi connectivity index (χ4n) is 3.74. The summed E-state index contributed by atoms with van der Waals surface area (Å²) < 4.78 is 5.28. The second-order valence-corrected chi connectivity index (χ2v) is 7.20. The van der Waals surface area contributed by atoms with Crippen molar-refractivity contribution >= 4 is 23.0 Å². The zero-order chi connectivity index (χ0) is 21.6. The third-order valence-corrected chi connectivity index (χ3v) is 5.20. The monoisotopic (exact) mass is 414 g/mol. The average molecular weight is 414 g/mol. The Hall–Kier alpha value is -4.06. The van der Waals surface area contributed by atoms with Crippen LogP contribution in [0.3, 0.4) is 0 Å². The molecule has 3 aromatic carbocycles. The number of H-pyrrole nitrogens is 1. The van der Waals surface area contributed by atoms with Gasteiger partial charge in [0.15, 0.2) is 0 Å². The van der Waals surface area contributed by atoms with E-state index in [-0.39, 0.29) is 6.61 Å². The summed E-state index contributed by atoms with van der Waals surface area (Å²) in [4.78, 5) is 28.0. The number of hydrogen-bond acceptors (Lipinski definition) is 3. The van der Waals surface area contributed by atoms with E-state index in [1.807, 2.05) is 84.9 Å². The lowest BCUT2D eigenvalue weighted by Crippen LogP contribution is -2.45. The number of para-hydroxylation sites is 1. The van der Waals surface area contributed by atoms with Crippen LogP contribution < -0.4 is 5.32 Å². The highest BCUT2D eigenvalue weighted by molar-refractivity contribution is 5.87. The number of hydrogen-bond donors (Lipinski definition) is 3. The third-order valence-electron chi connectivity index (χ3n) is 5.20. The lowest BCUT2D eigenvalue weighted by atomic mass is 9.85. The summed E-state index contributed by atoms with van der Waals surface area (Å²) in [7, 11) is 0. The van der Waals surface area contributed by atoms with Crippen LogP contribution in [0.15, 0.2) is 91.1 Å². The molecule has 1 heterocycles. The number of fused-ring (bicyclic) bond motifs is 1. The Morgan fingerprint density at radius 2 is 1.55 bits per heavy atom. The van der Waals surface area contributed by atoms with Gasteiger partial charge in [0, 0.05) is 23.0 Å². The zero-order valence-corrected chi connectivity index (χ0v) is 16.7. The Morgan fingerprint density at radius 3 is 2.26 bits per heavy atom. The number of carbonyl (C=O) groups is 2. The van der Waals surface area contributed by atoms with Crippen LogP contribution in [0.25, 0.3) is 10.9 Å². The van der Waals surface area contributed by atoms with Crippen LogP contribution >= 0.6 is 0 Å². The summed E-state index contributed by atoms with van der Waals surface area (Å²) >= 11 is 0. The zero-order valence-electron chi connectivity index (χ0n) is 16.7. The summed E-state index contributed by atoms with van der Waals surface area (Å²) in [6.45, 7) is 0.0576. The number of ether oxygens (including phenoxy) is 1. The molecular formula is C25H22N2O4. The molecule has 0 saturated carbocycles. The molecule has 0 aliphatic heterocycles. The highest BCUT2D eigenvalue weighted by Crippen LogP contribution is 2.33. The Kier molecular flexibility index (Phi) is 5.98. The van der Waals surface area contributed by atoms with Crippen molar-refractivity contribution in [1.29, 1.82) is 0 Å². The van der Waals surface area contributed by atoms with Gasteiger partial charge in [-0.1, -0.05) is 78.9 Å². The fourth-order valence-corrected chi connectivity index (χ4v) is 3.74. The van der Waals surface area contributed by atoms with Gasteiger partial charge in [-0.25, -0.2) is 9.59 Å². The average Bonchev–Trinajstić information content (AvgIpc) is 3.22. The Bertz CT molecular complexity index is 1170. The second kappa shape index (κ2) is 9.17. The number of alkyl carbamates (subject to hydrolysis) is 1. The highest BCUT2D eigenvalue weighted by Gasteiger charge is 2.34. The molecule has 1 aromatic heterocycles. The van der Waals surface area contributed by atoms with Crippen LogP contribution in [-0.4, -0.2) is 28.2 Å². The van der Waals surface area contributed by atoms with Crippen molar-refractivity contribution in [2.45, 2.75) is 18.6 Å². The van der Waals surface area contributed by atoms with Crippen LogP contribution in [0, 0.1) is 0 Å². The number of aliphatic carboxylic acids is 1. The maximum atomic E-state index is 12.5. The van der Waals surface area contributed by atoms with Crippen molar-refractivity contribution < 1.29 is 19.4 Å². The summed E-state index contributed by atoms with van der Waals surface area (Å²) in [5.74, 6) is -1.75. The standard InChI is InChI=1S/C25H22N2O4/c28-24(29)23(27-25(30)31-16-17-9-3-1-4-10-17)22(18-11-5-2-6-12-18)20-15-26-21-14-8-7-13-19(20)21/h1-15,22-23,26H,16H2,(H,27,30)(H,28,29)/t22-,23+/m1/s1. The molecular weight excluding hydrogens is 392 g/mol. The van der Waals surface area contributed by atoms with Gasteiger partial charge in [0.1, 0.15) is 12.6 Å². The number of amides is 1. The van der Waals surface area contributed by atoms with E-state index < -0.39 is 24.0 Å². The number of carboxylic acid groups (broad SMARTS) is 1. The number of aromatic amines is 1. The SMILES string of the molecule is O=C(N[C@H](C(=O)O)[C@H](c1ccccc1)c1c[nH]c2ccccc12)OCc1ccccc1. The van der Waals surface area contributed by atoms with Crippen molar-refractivity contribution in [1.82, 2.24) is 10.3 Å². The maximum absolute atomic E-state index is 12.5. The summed E-state index contributed by atoms with van der Waals surface area (Å²) in [5.41, 5.74) is 3.29. The van der Waals surface area contributed by atoms with Gasteiger partial charge in [0.2, 0.25) is 0 Å². The first kappa shape index (κ1) is 20.2. The van der Waals surface area contributed by atoms with Gasteiger partial charge in [-0.3, -0.25) is 0 Å². The predicted octanol–water partition coefficient (Wildman–Crippen LogP) is 4.68. The molecule has 3 N–H and O–H groups in total. The molecule has 0 radical (unpaired) electrons. The van der Waals surface area contributed by atoms with Crippen molar-refractivity contribution in [2.75, 3.05) is 0 Å². The molecule has 0 spiro atoms. The van der Waals surface area contributed by atoms with Crippen molar-refractivity contribution in [3.63, 3.8) is 0 Å². The van der Waals surface area contributed by atoms with Gasteiger partial charge in [0.25, 0.3) is 0 Å². The van der Waals surface area contributed by atoms with E-state index in [0.717, 1.165) is 27.6 Å². The highest BCUT2D eigenvalue weighted by atomic mass is 16.5. The minimum Gasteiger partial charge on any atom is -0.480 e. The van der Waals surface area contributed by atoms with Gasteiger partial charge < -0.3 is 20.1 Å². The normalized spacial score (nSPS) is 12.8. The number of carboxylic acids is 1. The second-order valence-electron chi connectivity index (χ2n) is 7.20. The smallest absolute Gasteiger partial charge is 0.408 e. The third kappa shape index (κ3) is 4.59. The molecule has 4 rings (SSSR count). The van der Waals surface area contributed by atoms with Gasteiger partial charge in [-0.05, 0) is 22.8 Å². The van der Waals surface area contributed by atoms with Crippen LogP contribution in [0.4, 0.5) is 4.79 Å². The molecule has 4 aromatic rings. The topological polar surface area (TPSA) is 91.4 Å².